The number of primary amides is 1. The Balaban J connectivity index is 1.95. The molecule has 0 atom stereocenters. The smallest absolute Gasteiger partial charge is 0.248 e. The van der Waals surface area contributed by atoms with E-state index in [0.29, 0.717) is 16.5 Å². The summed E-state index contributed by atoms with van der Waals surface area (Å²) in [6, 6.07) is 5.10. The molecule has 0 spiro atoms. The summed E-state index contributed by atoms with van der Waals surface area (Å²) in [5, 5.41) is 3.99. The molecule has 2 rings (SSSR count). The largest absolute Gasteiger partial charge is 0.384 e. The normalized spacial score (nSPS) is 23.1. The topological polar surface area (TPSA) is 55.1 Å². The van der Waals surface area contributed by atoms with Crippen molar-refractivity contribution in [1.82, 2.24) is 0 Å². The highest BCUT2D eigenvalue weighted by Gasteiger charge is 2.18. The molecular formula is C15H21ClN2O. The van der Waals surface area contributed by atoms with Gasteiger partial charge in [0.1, 0.15) is 0 Å². The Morgan fingerprint density at radius 1 is 1.37 bits per heavy atom. The highest BCUT2D eigenvalue weighted by atomic mass is 35.5. The number of rotatable bonds is 4. The van der Waals surface area contributed by atoms with Gasteiger partial charge in [-0.05, 0) is 42.9 Å². The average Bonchev–Trinajstić information content (AvgIpc) is 2.39. The maximum absolute atomic E-state index is 11.2. The van der Waals surface area contributed by atoms with E-state index in [1.807, 2.05) is 0 Å². The predicted octanol–water partition coefficient (Wildman–Crippen LogP) is 3.68. The zero-order valence-electron chi connectivity index (χ0n) is 11.3. The fraction of sp³-hybridized carbons (Fsp3) is 0.533. The molecule has 0 aliphatic heterocycles. The predicted molar refractivity (Wildman–Crippen MR) is 79.6 cm³/mol. The van der Waals surface area contributed by atoms with Crippen LogP contribution in [0.15, 0.2) is 18.2 Å². The molecule has 1 aromatic rings. The van der Waals surface area contributed by atoms with E-state index in [1.165, 1.54) is 25.7 Å². The minimum atomic E-state index is -0.425. The first kappa shape index (κ1) is 14.2. The standard InChI is InChI=1S/C15H21ClN2O/c1-10-2-4-11(5-3-10)9-18-14-8-12(15(17)19)6-7-13(14)16/h6-8,10-11,18H,2-5,9H2,1H3,(H2,17,19). The Morgan fingerprint density at radius 2 is 2.05 bits per heavy atom. The monoisotopic (exact) mass is 280 g/mol. The van der Waals surface area contributed by atoms with Crippen LogP contribution in [0.25, 0.3) is 0 Å². The lowest BCUT2D eigenvalue weighted by Crippen LogP contribution is -2.20. The molecule has 0 saturated heterocycles. The van der Waals surface area contributed by atoms with Crippen LogP contribution in [0.4, 0.5) is 5.69 Å². The highest BCUT2D eigenvalue weighted by molar-refractivity contribution is 6.33. The Bertz CT molecular complexity index is 453. The molecule has 1 fully saturated rings. The summed E-state index contributed by atoms with van der Waals surface area (Å²) in [6.45, 7) is 3.23. The van der Waals surface area contributed by atoms with Gasteiger partial charge in [0.15, 0.2) is 0 Å². The van der Waals surface area contributed by atoms with Crippen LogP contribution in [0.1, 0.15) is 43.0 Å². The third kappa shape index (κ3) is 3.87. The van der Waals surface area contributed by atoms with Gasteiger partial charge in [-0.1, -0.05) is 31.4 Å². The van der Waals surface area contributed by atoms with Gasteiger partial charge in [-0.2, -0.15) is 0 Å². The number of halogens is 1. The summed E-state index contributed by atoms with van der Waals surface area (Å²) in [6.07, 6.45) is 5.14. The van der Waals surface area contributed by atoms with Gasteiger partial charge in [0, 0.05) is 12.1 Å². The third-order valence-electron chi connectivity index (χ3n) is 3.97. The molecule has 1 aromatic carbocycles. The minimum Gasteiger partial charge on any atom is -0.384 e. The van der Waals surface area contributed by atoms with E-state index in [9.17, 15) is 4.79 Å². The average molecular weight is 281 g/mol. The fourth-order valence-electron chi connectivity index (χ4n) is 2.60. The van der Waals surface area contributed by atoms with E-state index >= 15 is 0 Å². The Hall–Kier alpha value is -1.22. The number of carbonyl (C=O) groups is 1. The number of hydrogen-bond acceptors (Lipinski definition) is 2. The van der Waals surface area contributed by atoms with Crippen LogP contribution in [-0.2, 0) is 0 Å². The minimum absolute atomic E-state index is 0.425. The summed E-state index contributed by atoms with van der Waals surface area (Å²) >= 11 is 6.13. The van der Waals surface area contributed by atoms with Crippen molar-refractivity contribution in [3.05, 3.63) is 28.8 Å². The van der Waals surface area contributed by atoms with Gasteiger partial charge in [0.2, 0.25) is 5.91 Å². The van der Waals surface area contributed by atoms with E-state index in [-0.39, 0.29) is 0 Å². The summed E-state index contributed by atoms with van der Waals surface area (Å²) in [5.74, 6) is 1.13. The van der Waals surface area contributed by atoms with Crippen molar-refractivity contribution in [1.29, 1.82) is 0 Å². The number of anilines is 1. The number of hydrogen-bond donors (Lipinski definition) is 2. The van der Waals surface area contributed by atoms with Crippen LogP contribution in [0, 0.1) is 11.8 Å². The van der Waals surface area contributed by atoms with Crippen molar-refractivity contribution in [2.75, 3.05) is 11.9 Å². The second-order valence-corrected chi connectivity index (χ2v) is 5.97. The third-order valence-corrected chi connectivity index (χ3v) is 4.30. The molecule has 104 valence electrons. The molecule has 0 bridgehead atoms. The van der Waals surface area contributed by atoms with E-state index in [4.69, 9.17) is 17.3 Å². The van der Waals surface area contributed by atoms with Gasteiger partial charge < -0.3 is 11.1 Å². The first-order valence-electron chi connectivity index (χ1n) is 6.89. The molecule has 0 heterocycles. The van der Waals surface area contributed by atoms with Crippen LogP contribution >= 0.6 is 11.6 Å². The molecule has 1 amide bonds. The zero-order chi connectivity index (χ0) is 13.8. The zero-order valence-corrected chi connectivity index (χ0v) is 12.0. The molecule has 0 aromatic heterocycles. The van der Waals surface area contributed by atoms with Crippen LogP contribution in [0.3, 0.4) is 0 Å². The van der Waals surface area contributed by atoms with E-state index in [0.717, 1.165) is 18.2 Å². The maximum atomic E-state index is 11.2. The van der Waals surface area contributed by atoms with Gasteiger partial charge in [0.05, 0.1) is 10.7 Å². The second-order valence-electron chi connectivity index (χ2n) is 5.57. The van der Waals surface area contributed by atoms with Crippen molar-refractivity contribution in [3.8, 4) is 0 Å². The molecule has 0 unspecified atom stereocenters. The number of benzene rings is 1. The van der Waals surface area contributed by atoms with E-state index < -0.39 is 5.91 Å². The molecule has 1 aliphatic carbocycles. The summed E-state index contributed by atoms with van der Waals surface area (Å²) < 4.78 is 0. The maximum Gasteiger partial charge on any atom is 0.248 e. The number of carbonyl (C=O) groups excluding carboxylic acids is 1. The first-order chi connectivity index (χ1) is 9.06. The molecule has 1 saturated carbocycles. The Labute approximate surface area is 119 Å². The van der Waals surface area contributed by atoms with E-state index in [2.05, 4.69) is 12.2 Å². The van der Waals surface area contributed by atoms with Crippen LogP contribution < -0.4 is 11.1 Å². The Morgan fingerprint density at radius 3 is 2.68 bits per heavy atom. The first-order valence-corrected chi connectivity index (χ1v) is 7.27. The number of nitrogens with two attached hydrogens (primary N) is 1. The lowest BCUT2D eigenvalue weighted by molar-refractivity contribution is 0.100. The fourth-order valence-corrected chi connectivity index (χ4v) is 2.79. The molecule has 3 nitrogen and oxygen atoms in total. The lowest BCUT2D eigenvalue weighted by atomic mass is 9.83. The van der Waals surface area contributed by atoms with Gasteiger partial charge >= 0.3 is 0 Å². The van der Waals surface area contributed by atoms with Crippen molar-refractivity contribution >= 4 is 23.2 Å². The second kappa shape index (κ2) is 6.29. The molecular weight excluding hydrogens is 260 g/mol. The van der Waals surface area contributed by atoms with Crippen molar-refractivity contribution in [2.24, 2.45) is 17.6 Å². The van der Waals surface area contributed by atoms with Gasteiger partial charge in [-0.15, -0.1) is 0 Å². The summed E-state index contributed by atoms with van der Waals surface area (Å²) in [7, 11) is 0. The summed E-state index contributed by atoms with van der Waals surface area (Å²) in [5.41, 5.74) is 6.57. The van der Waals surface area contributed by atoms with Gasteiger partial charge in [-0.3, -0.25) is 4.79 Å². The van der Waals surface area contributed by atoms with Gasteiger partial charge in [0.25, 0.3) is 0 Å². The summed E-state index contributed by atoms with van der Waals surface area (Å²) in [4.78, 5) is 11.2. The molecule has 0 radical (unpaired) electrons. The number of nitrogens with one attached hydrogen (secondary N) is 1. The SMILES string of the molecule is CC1CCC(CNc2cc(C(N)=O)ccc2Cl)CC1. The van der Waals surface area contributed by atoms with Crippen molar-refractivity contribution in [3.63, 3.8) is 0 Å². The van der Waals surface area contributed by atoms with Crippen molar-refractivity contribution in [2.45, 2.75) is 32.6 Å². The molecule has 19 heavy (non-hydrogen) atoms. The highest BCUT2D eigenvalue weighted by Crippen LogP contribution is 2.29. The van der Waals surface area contributed by atoms with Crippen molar-refractivity contribution < 1.29 is 4.79 Å². The lowest BCUT2D eigenvalue weighted by Gasteiger charge is -2.26. The molecule has 3 N–H and O–H groups in total. The van der Waals surface area contributed by atoms with E-state index in [1.54, 1.807) is 18.2 Å². The van der Waals surface area contributed by atoms with Crippen LogP contribution in [-0.4, -0.2) is 12.5 Å². The van der Waals surface area contributed by atoms with Crippen LogP contribution in [0.5, 0.6) is 0 Å². The molecule has 4 heteroatoms. The van der Waals surface area contributed by atoms with Gasteiger partial charge in [-0.25, -0.2) is 0 Å². The quantitative estimate of drug-likeness (QED) is 0.884. The number of amides is 1. The molecule has 1 aliphatic rings. The Kier molecular flexibility index (Phi) is 4.70. The van der Waals surface area contributed by atoms with Crippen LogP contribution in [0.2, 0.25) is 5.02 Å².